The maximum absolute atomic E-state index is 13.8. The zero-order valence-electron chi connectivity index (χ0n) is 22.1. The summed E-state index contributed by atoms with van der Waals surface area (Å²) in [5.74, 6) is -0.537. The second kappa shape index (κ2) is 11.7. The van der Waals surface area contributed by atoms with Crippen molar-refractivity contribution in [3.8, 4) is 0 Å². The van der Waals surface area contributed by atoms with Crippen LogP contribution in [0.25, 0.3) is 10.8 Å². The van der Waals surface area contributed by atoms with Crippen LogP contribution in [-0.4, -0.2) is 44.8 Å². The van der Waals surface area contributed by atoms with E-state index in [2.05, 4.69) is 5.32 Å². The highest BCUT2D eigenvalue weighted by Gasteiger charge is 2.36. The van der Waals surface area contributed by atoms with Crippen molar-refractivity contribution in [1.29, 1.82) is 0 Å². The Morgan fingerprint density at radius 3 is 2.35 bits per heavy atom. The summed E-state index contributed by atoms with van der Waals surface area (Å²) < 4.78 is 28.1. The van der Waals surface area contributed by atoms with Crippen molar-refractivity contribution in [1.82, 2.24) is 10.2 Å². The van der Waals surface area contributed by atoms with Crippen LogP contribution in [0, 0.1) is 0 Å². The fourth-order valence-corrected chi connectivity index (χ4v) is 7.19. The molecule has 0 saturated heterocycles. The van der Waals surface area contributed by atoms with E-state index in [1.54, 1.807) is 36.2 Å². The number of carbonyl (C=O) groups is 2. The molecule has 1 heterocycles. The van der Waals surface area contributed by atoms with E-state index in [1.165, 1.54) is 4.31 Å². The van der Waals surface area contributed by atoms with Gasteiger partial charge in [-0.3, -0.25) is 13.9 Å². The van der Waals surface area contributed by atoms with Crippen LogP contribution >= 0.6 is 11.6 Å². The van der Waals surface area contributed by atoms with E-state index in [1.807, 2.05) is 66.7 Å². The van der Waals surface area contributed by atoms with Gasteiger partial charge in [0.25, 0.3) is 10.0 Å². The van der Waals surface area contributed by atoms with Crippen molar-refractivity contribution >= 4 is 49.9 Å². The van der Waals surface area contributed by atoms with E-state index >= 15 is 0 Å². The summed E-state index contributed by atoms with van der Waals surface area (Å²) in [5, 5.41) is 4.77. The number of amides is 2. The lowest BCUT2D eigenvalue weighted by molar-refractivity contribution is -0.141. The first kappa shape index (κ1) is 27.7. The fourth-order valence-electron chi connectivity index (χ4n) is 5.25. The molecule has 206 valence electrons. The second-order valence-electron chi connectivity index (χ2n) is 9.74. The van der Waals surface area contributed by atoms with E-state index < -0.39 is 16.1 Å². The lowest BCUT2D eigenvalue weighted by Crippen LogP contribution is -2.49. The first-order valence-electron chi connectivity index (χ1n) is 13.1. The first-order valence-corrected chi connectivity index (χ1v) is 15.0. The van der Waals surface area contributed by atoms with Gasteiger partial charge < -0.3 is 10.2 Å². The Kier molecular flexibility index (Phi) is 8.09. The Morgan fingerprint density at radius 1 is 0.925 bits per heavy atom. The highest BCUT2D eigenvalue weighted by atomic mass is 35.5. The third kappa shape index (κ3) is 5.42. The van der Waals surface area contributed by atoms with E-state index in [0.717, 1.165) is 16.5 Å². The number of sulfonamides is 1. The Labute approximate surface area is 239 Å². The normalized spacial score (nSPS) is 14.2. The molecule has 4 aromatic carbocycles. The van der Waals surface area contributed by atoms with Crippen LogP contribution < -0.4 is 9.62 Å². The van der Waals surface area contributed by atoms with Crippen LogP contribution in [0.3, 0.4) is 0 Å². The number of anilines is 1. The molecule has 1 N–H and O–H groups in total. The molecule has 1 unspecified atom stereocenters. The largest absolute Gasteiger partial charge is 0.357 e. The molecular weight excluding hydrogens is 546 g/mol. The number of carbonyl (C=O) groups excluding carboxylic acids is 2. The zero-order chi connectivity index (χ0) is 28.3. The molecule has 1 aliphatic heterocycles. The fraction of sp³-hybridized carbons (Fsp3) is 0.226. The molecule has 0 saturated carbocycles. The van der Waals surface area contributed by atoms with Gasteiger partial charge in [-0.05, 0) is 41.1 Å². The van der Waals surface area contributed by atoms with Crippen molar-refractivity contribution in [2.75, 3.05) is 17.9 Å². The van der Waals surface area contributed by atoms with Gasteiger partial charge in [-0.15, -0.1) is 0 Å². The third-order valence-electron chi connectivity index (χ3n) is 7.25. The standard InChI is InChI=1S/C31H30ClN3O4S/c1-33-31(37)27(20-22-10-3-2-4-11-22)34(21-24-12-5-6-15-25(24)32)29(36)18-9-19-35-26-16-7-13-23-14-8-17-28(30(23)26)40(35,38)39/h2-8,10-17,27H,9,18-21H2,1H3,(H,33,37). The summed E-state index contributed by atoms with van der Waals surface area (Å²) in [5.41, 5.74) is 2.27. The van der Waals surface area contributed by atoms with Gasteiger partial charge in [0.15, 0.2) is 0 Å². The molecule has 7 nitrogen and oxygen atoms in total. The van der Waals surface area contributed by atoms with Crippen LogP contribution in [0.2, 0.25) is 5.02 Å². The highest BCUT2D eigenvalue weighted by Crippen LogP contribution is 2.42. The highest BCUT2D eigenvalue weighted by molar-refractivity contribution is 7.93. The van der Waals surface area contributed by atoms with Gasteiger partial charge in [0.1, 0.15) is 6.04 Å². The molecule has 1 aliphatic rings. The first-order chi connectivity index (χ1) is 19.3. The predicted molar refractivity (Wildman–Crippen MR) is 158 cm³/mol. The number of benzene rings is 4. The van der Waals surface area contributed by atoms with E-state index in [4.69, 9.17) is 11.6 Å². The van der Waals surface area contributed by atoms with E-state index in [9.17, 15) is 18.0 Å². The number of hydrogen-bond donors (Lipinski definition) is 1. The average Bonchev–Trinajstić information content (AvgIpc) is 3.19. The van der Waals surface area contributed by atoms with Crippen molar-refractivity contribution in [2.24, 2.45) is 0 Å². The van der Waals surface area contributed by atoms with Crippen molar-refractivity contribution in [3.05, 3.63) is 107 Å². The lowest BCUT2D eigenvalue weighted by Gasteiger charge is -2.31. The molecule has 0 bridgehead atoms. The number of rotatable bonds is 10. The van der Waals surface area contributed by atoms with Crippen molar-refractivity contribution in [2.45, 2.75) is 36.7 Å². The third-order valence-corrected chi connectivity index (χ3v) is 9.47. The Morgan fingerprint density at radius 2 is 1.62 bits per heavy atom. The molecule has 0 fully saturated rings. The molecule has 0 spiro atoms. The number of hydrogen-bond acceptors (Lipinski definition) is 4. The maximum atomic E-state index is 13.8. The molecule has 4 aromatic rings. The number of nitrogens with one attached hydrogen (secondary N) is 1. The summed E-state index contributed by atoms with van der Waals surface area (Å²) in [6, 6.07) is 26.8. The molecule has 0 radical (unpaired) electrons. The SMILES string of the molecule is CNC(=O)C(Cc1ccccc1)N(Cc1ccccc1Cl)C(=O)CCCN1c2cccc3cccc(c23)S1(=O)=O. The molecule has 5 rings (SSSR count). The molecule has 1 atom stereocenters. The van der Waals surface area contributed by atoms with Crippen LogP contribution in [0.4, 0.5) is 5.69 Å². The quantitative estimate of drug-likeness (QED) is 0.283. The molecule has 40 heavy (non-hydrogen) atoms. The molecule has 9 heteroatoms. The van der Waals surface area contributed by atoms with Gasteiger partial charge in [-0.1, -0.05) is 84.4 Å². The minimum absolute atomic E-state index is 0.0606. The van der Waals surface area contributed by atoms with Gasteiger partial charge in [-0.25, -0.2) is 8.42 Å². The van der Waals surface area contributed by atoms with Gasteiger partial charge in [0.05, 0.1) is 10.6 Å². The van der Waals surface area contributed by atoms with Crippen molar-refractivity contribution < 1.29 is 18.0 Å². The number of nitrogens with zero attached hydrogens (tertiary/aromatic N) is 2. The maximum Gasteiger partial charge on any atom is 0.265 e. The summed E-state index contributed by atoms with van der Waals surface area (Å²) in [6.45, 7) is 0.293. The van der Waals surface area contributed by atoms with Crippen LogP contribution in [0.5, 0.6) is 0 Å². The Balaban J connectivity index is 1.38. The number of likely N-dealkylation sites (N-methyl/N-ethyl adjacent to an activating group) is 1. The molecular formula is C31H30ClN3O4S. The Hall–Kier alpha value is -3.88. The summed E-state index contributed by atoms with van der Waals surface area (Å²) in [6.07, 6.45) is 0.673. The van der Waals surface area contributed by atoms with Gasteiger partial charge >= 0.3 is 0 Å². The van der Waals surface area contributed by atoms with Gasteiger partial charge in [0.2, 0.25) is 11.8 Å². The Bertz CT molecular complexity index is 1650. The van der Waals surface area contributed by atoms with E-state index in [-0.39, 0.29) is 42.6 Å². The zero-order valence-corrected chi connectivity index (χ0v) is 23.7. The van der Waals surface area contributed by atoms with E-state index in [0.29, 0.717) is 22.5 Å². The monoisotopic (exact) mass is 575 g/mol. The topological polar surface area (TPSA) is 86.8 Å². The van der Waals surface area contributed by atoms with Gasteiger partial charge in [-0.2, -0.15) is 0 Å². The predicted octanol–water partition coefficient (Wildman–Crippen LogP) is 5.17. The van der Waals surface area contributed by atoms with Crippen molar-refractivity contribution in [3.63, 3.8) is 0 Å². The minimum atomic E-state index is -3.72. The lowest BCUT2D eigenvalue weighted by atomic mass is 10.0. The number of halogens is 1. The van der Waals surface area contributed by atoms with Crippen LogP contribution in [-0.2, 0) is 32.6 Å². The summed E-state index contributed by atoms with van der Waals surface area (Å²) in [4.78, 5) is 28.7. The smallest absolute Gasteiger partial charge is 0.265 e. The second-order valence-corrected chi connectivity index (χ2v) is 12.0. The molecule has 0 aromatic heterocycles. The van der Waals surface area contributed by atoms with Crippen LogP contribution in [0.1, 0.15) is 24.0 Å². The van der Waals surface area contributed by atoms with Crippen LogP contribution in [0.15, 0.2) is 95.9 Å². The van der Waals surface area contributed by atoms with Gasteiger partial charge in [0, 0.05) is 43.4 Å². The summed E-state index contributed by atoms with van der Waals surface area (Å²) >= 11 is 6.44. The molecule has 0 aliphatic carbocycles. The average molecular weight is 576 g/mol. The molecule has 2 amide bonds. The summed E-state index contributed by atoms with van der Waals surface area (Å²) in [7, 11) is -2.17. The minimum Gasteiger partial charge on any atom is -0.357 e.